The highest BCUT2D eigenvalue weighted by atomic mass is 16.5. The van der Waals surface area contributed by atoms with E-state index in [0.29, 0.717) is 18.2 Å². The number of benzene rings is 1. The van der Waals surface area contributed by atoms with Gasteiger partial charge in [0.2, 0.25) is 0 Å². The lowest BCUT2D eigenvalue weighted by molar-refractivity contribution is 0.0546. The Balaban J connectivity index is 1.81. The quantitative estimate of drug-likeness (QED) is 0.862. The van der Waals surface area contributed by atoms with Crippen molar-refractivity contribution in [3.63, 3.8) is 0 Å². The van der Waals surface area contributed by atoms with Gasteiger partial charge < -0.3 is 10.1 Å². The summed E-state index contributed by atoms with van der Waals surface area (Å²) in [6.45, 7) is 7.45. The van der Waals surface area contributed by atoms with E-state index in [1.807, 2.05) is 0 Å². The van der Waals surface area contributed by atoms with Crippen LogP contribution in [0.3, 0.4) is 0 Å². The summed E-state index contributed by atoms with van der Waals surface area (Å²) >= 11 is 0. The van der Waals surface area contributed by atoms with Gasteiger partial charge in [-0.05, 0) is 39.2 Å². The highest BCUT2D eigenvalue weighted by molar-refractivity contribution is 5.23. The van der Waals surface area contributed by atoms with Gasteiger partial charge in [0.25, 0.3) is 0 Å². The number of ether oxygens (including phenoxy) is 1. The molecule has 2 rings (SSSR count). The van der Waals surface area contributed by atoms with Crippen LogP contribution in [0.2, 0.25) is 0 Å². The third kappa shape index (κ3) is 3.55. The Morgan fingerprint density at radius 3 is 2.59 bits per heavy atom. The van der Waals surface area contributed by atoms with E-state index in [1.54, 1.807) is 0 Å². The summed E-state index contributed by atoms with van der Waals surface area (Å²) in [5, 5.41) is 3.56. The molecule has 0 amide bonds. The molecule has 1 heterocycles. The molecule has 0 aromatic heterocycles. The fourth-order valence-electron chi connectivity index (χ4n) is 2.32. The van der Waals surface area contributed by atoms with Crippen LogP contribution < -0.4 is 5.32 Å². The molecule has 0 aliphatic carbocycles. The second-order valence-corrected chi connectivity index (χ2v) is 5.19. The number of aryl methyl sites for hydroxylation is 1. The molecule has 2 nitrogen and oxygen atoms in total. The van der Waals surface area contributed by atoms with Crippen LogP contribution >= 0.6 is 0 Å². The predicted molar refractivity (Wildman–Crippen MR) is 71.2 cm³/mol. The molecule has 3 atom stereocenters. The fourth-order valence-corrected chi connectivity index (χ4v) is 2.32. The molecule has 1 aliphatic heterocycles. The molecule has 3 unspecified atom stereocenters. The second-order valence-electron chi connectivity index (χ2n) is 5.19. The Bertz CT molecular complexity index is 346. The van der Waals surface area contributed by atoms with Gasteiger partial charge in [0.05, 0.1) is 12.2 Å². The SMILES string of the molecule is Cc1ccc(C(C)NCC2CCC(C)O2)cc1. The monoisotopic (exact) mass is 233 g/mol. The van der Waals surface area contributed by atoms with E-state index in [0.717, 1.165) is 6.54 Å². The lowest BCUT2D eigenvalue weighted by Crippen LogP contribution is -2.29. The lowest BCUT2D eigenvalue weighted by atomic mass is 10.1. The van der Waals surface area contributed by atoms with Gasteiger partial charge in [0.15, 0.2) is 0 Å². The molecule has 1 aromatic rings. The molecule has 17 heavy (non-hydrogen) atoms. The summed E-state index contributed by atoms with van der Waals surface area (Å²) in [4.78, 5) is 0. The summed E-state index contributed by atoms with van der Waals surface area (Å²) < 4.78 is 5.80. The number of hydrogen-bond donors (Lipinski definition) is 1. The van der Waals surface area contributed by atoms with Crippen molar-refractivity contribution in [3.05, 3.63) is 35.4 Å². The third-order valence-electron chi connectivity index (χ3n) is 3.55. The van der Waals surface area contributed by atoms with Crippen LogP contribution in [0.15, 0.2) is 24.3 Å². The van der Waals surface area contributed by atoms with E-state index in [1.165, 1.54) is 24.0 Å². The minimum Gasteiger partial charge on any atom is -0.374 e. The summed E-state index contributed by atoms with van der Waals surface area (Å²) in [7, 11) is 0. The average Bonchev–Trinajstić information content (AvgIpc) is 2.73. The first-order valence-corrected chi connectivity index (χ1v) is 6.60. The Kier molecular flexibility index (Phi) is 4.19. The first kappa shape index (κ1) is 12.6. The molecule has 1 fully saturated rings. The van der Waals surface area contributed by atoms with Crippen LogP contribution in [0, 0.1) is 6.92 Å². The van der Waals surface area contributed by atoms with E-state index in [2.05, 4.69) is 50.4 Å². The van der Waals surface area contributed by atoms with Crippen molar-refractivity contribution < 1.29 is 4.74 Å². The minimum absolute atomic E-state index is 0.398. The zero-order chi connectivity index (χ0) is 12.3. The van der Waals surface area contributed by atoms with Crippen LogP contribution in [0.4, 0.5) is 0 Å². The maximum Gasteiger partial charge on any atom is 0.0704 e. The largest absolute Gasteiger partial charge is 0.374 e. The summed E-state index contributed by atoms with van der Waals surface area (Å²) in [5.74, 6) is 0. The second kappa shape index (κ2) is 5.65. The van der Waals surface area contributed by atoms with Crippen molar-refractivity contribution in [3.8, 4) is 0 Å². The van der Waals surface area contributed by atoms with Crippen molar-refractivity contribution in [1.29, 1.82) is 0 Å². The Hall–Kier alpha value is -0.860. The van der Waals surface area contributed by atoms with Crippen molar-refractivity contribution in [1.82, 2.24) is 5.32 Å². The summed E-state index contributed by atoms with van der Waals surface area (Å²) in [5.41, 5.74) is 2.66. The lowest BCUT2D eigenvalue weighted by Gasteiger charge is -2.18. The minimum atomic E-state index is 0.398. The fraction of sp³-hybridized carbons (Fsp3) is 0.600. The van der Waals surface area contributed by atoms with Gasteiger partial charge in [-0.1, -0.05) is 29.8 Å². The normalized spacial score (nSPS) is 26.1. The van der Waals surface area contributed by atoms with Crippen molar-refractivity contribution >= 4 is 0 Å². The third-order valence-corrected chi connectivity index (χ3v) is 3.55. The molecule has 0 saturated carbocycles. The number of hydrogen-bond acceptors (Lipinski definition) is 2. The Morgan fingerprint density at radius 1 is 1.29 bits per heavy atom. The van der Waals surface area contributed by atoms with Crippen LogP contribution in [-0.4, -0.2) is 18.8 Å². The molecular weight excluding hydrogens is 210 g/mol. The van der Waals surface area contributed by atoms with Crippen LogP contribution in [-0.2, 0) is 4.74 Å². The standard InChI is InChI=1S/C15H23NO/c1-11-4-7-14(8-5-11)13(3)16-10-15-9-6-12(2)17-15/h4-5,7-8,12-13,15-16H,6,9-10H2,1-3H3. The average molecular weight is 233 g/mol. The zero-order valence-electron chi connectivity index (χ0n) is 11.1. The molecule has 1 aliphatic rings. The molecule has 1 saturated heterocycles. The number of nitrogens with one attached hydrogen (secondary N) is 1. The van der Waals surface area contributed by atoms with Gasteiger partial charge in [-0.2, -0.15) is 0 Å². The highest BCUT2D eigenvalue weighted by Crippen LogP contribution is 2.19. The molecule has 0 spiro atoms. The molecule has 1 N–H and O–H groups in total. The van der Waals surface area contributed by atoms with Gasteiger partial charge in [0.1, 0.15) is 0 Å². The van der Waals surface area contributed by atoms with E-state index in [-0.39, 0.29) is 0 Å². The predicted octanol–water partition coefficient (Wildman–Crippen LogP) is 3.21. The Labute approximate surface area is 104 Å². The highest BCUT2D eigenvalue weighted by Gasteiger charge is 2.21. The first-order chi connectivity index (χ1) is 8.15. The maximum absolute atomic E-state index is 5.80. The van der Waals surface area contributed by atoms with Gasteiger partial charge in [-0.25, -0.2) is 0 Å². The van der Waals surface area contributed by atoms with E-state index in [9.17, 15) is 0 Å². The maximum atomic E-state index is 5.80. The van der Waals surface area contributed by atoms with Crippen LogP contribution in [0.1, 0.15) is 43.9 Å². The van der Waals surface area contributed by atoms with Crippen molar-refractivity contribution in [2.24, 2.45) is 0 Å². The van der Waals surface area contributed by atoms with Crippen molar-refractivity contribution in [2.75, 3.05) is 6.54 Å². The van der Waals surface area contributed by atoms with Gasteiger partial charge in [0, 0.05) is 12.6 Å². The van der Waals surface area contributed by atoms with Crippen LogP contribution in [0.5, 0.6) is 0 Å². The van der Waals surface area contributed by atoms with E-state index in [4.69, 9.17) is 4.74 Å². The van der Waals surface area contributed by atoms with Crippen LogP contribution in [0.25, 0.3) is 0 Å². The molecule has 0 bridgehead atoms. The summed E-state index contributed by atoms with van der Waals surface area (Å²) in [6.07, 6.45) is 3.23. The Morgan fingerprint density at radius 2 is 2.00 bits per heavy atom. The smallest absolute Gasteiger partial charge is 0.0704 e. The van der Waals surface area contributed by atoms with E-state index >= 15 is 0 Å². The van der Waals surface area contributed by atoms with Gasteiger partial charge in [-0.3, -0.25) is 0 Å². The molecule has 94 valence electrons. The summed E-state index contributed by atoms with van der Waals surface area (Å²) in [6, 6.07) is 9.13. The molecule has 1 aromatic carbocycles. The molecule has 2 heteroatoms. The topological polar surface area (TPSA) is 21.3 Å². The van der Waals surface area contributed by atoms with Crippen molar-refractivity contribution in [2.45, 2.75) is 51.9 Å². The van der Waals surface area contributed by atoms with Gasteiger partial charge >= 0.3 is 0 Å². The van der Waals surface area contributed by atoms with Gasteiger partial charge in [-0.15, -0.1) is 0 Å². The zero-order valence-corrected chi connectivity index (χ0v) is 11.1. The first-order valence-electron chi connectivity index (χ1n) is 6.60. The number of rotatable bonds is 4. The molecular formula is C15H23NO. The van der Waals surface area contributed by atoms with E-state index < -0.39 is 0 Å². The molecule has 0 radical (unpaired) electrons.